The van der Waals surface area contributed by atoms with Gasteiger partial charge in [0.2, 0.25) is 0 Å². The van der Waals surface area contributed by atoms with Crippen LogP contribution in [0.1, 0.15) is 57.1 Å². The fraction of sp³-hybridized carbons (Fsp3) is 0.647. The van der Waals surface area contributed by atoms with Gasteiger partial charge in [0.05, 0.1) is 0 Å². The van der Waals surface area contributed by atoms with Gasteiger partial charge in [-0.3, -0.25) is 0 Å². The molecule has 1 spiro atoms. The standard InChI is InChI=1S/C17H25FN2/c1-13(19)16-14(18)5-4-6-15(16)20-11-9-17(10-12-20)7-2-3-8-17/h4-6,13H,2-3,7-12,19H2,1H3/t13-/m1/s1. The van der Waals surface area contributed by atoms with Crippen LogP contribution in [0.15, 0.2) is 18.2 Å². The maximum atomic E-state index is 14.0. The summed E-state index contributed by atoms with van der Waals surface area (Å²) in [5.41, 5.74) is 8.25. The maximum absolute atomic E-state index is 14.0. The monoisotopic (exact) mass is 276 g/mol. The topological polar surface area (TPSA) is 29.3 Å². The third-order valence-corrected chi connectivity index (χ3v) is 5.31. The van der Waals surface area contributed by atoms with Crippen LogP contribution in [0, 0.1) is 11.2 Å². The Morgan fingerprint density at radius 3 is 2.40 bits per heavy atom. The molecule has 1 aliphatic heterocycles. The molecule has 2 nitrogen and oxygen atoms in total. The van der Waals surface area contributed by atoms with E-state index in [1.165, 1.54) is 44.6 Å². The smallest absolute Gasteiger partial charge is 0.130 e. The molecule has 0 aromatic heterocycles. The van der Waals surface area contributed by atoms with Gasteiger partial charge in [-0.2, -0.15) is 0 Å². The Labute approximate surface area is 121 Å². The van der Waals surface area contributed by atoms with Crippen molar-refractivity contribution in [1.82, 2.24) is 0 Å². The minimum atomic E-state index is -0.256. The zero-order valence-electron chi connectivity index (χ0n) is 12.4. The van der Waals surface area contributed by atoms with Crippen molar-refractivity contribution in [1.29, 1.82) is 0 Å². The van der Waals surface area contributed by atoms with E-state index in [0.29, 0.717) is 11.0 Å². The number of halogens is 1. The van der Waals surface area contributed by atoms with Gasteiger partial charge >= 0.3 is 0 Å². The molecule has 1 heterocycles. The van der Waals surface area contributed by atoms with Crippen molar-refractivity contribution < 1.29 is 4.39 Å². The van der Waals surface area contributed by atoms with Crippen LogP contribution in [-0.4, -0.2) is 13.1 Å². The number of hydrogen-bond donors (Lipinski definition) is 1. The van der Waals surface area contributed by atoms with Crippen molar-refractivity contribution >= 4 is 5.69 Å². The van der Waals surface area contributed by atoms with Gasteiger partial charge in [-0.25, -0.2) is 4.39 Å². The molecule has 110 valence electrons. The second-order valence-electron chi connectivity index (χ2n) is 6.66. The Bertz CT molecular complexity index is 468. The Balaban J connectivity index is 1.80. The zero-order chi connectivity index (χ0) is 14.2. The number of rotatable bonds is 2. The van der Waals surface area contributed by atoms with Crippen LogP contribution in [0.5, 0.6) is 0 Å². The molecule has 2 aliphatic rings. The molecule has 1 aliphatic carbocycles. The third-order valence-electron chi connectivity index (χ3n) is 5.31. The van der Waals surface area contributed by atoms with Crippen LogP contribution in [0.3, 0.4) is 0 Å². The van der Waals surface area contributed by atoms with Gasteiger partial charge in [-0.1, -0.05) is 18.9 Å². The normalized spacial score (nSPS) is 23.2. The van der Waals surface area contributed by atoms with E-state index < -0.39 is 0 Å². The van der Waals surface area contributed by atoms with Gasteiger partial charge in [0.25, 0.3) is 0 Å². The number of nitrogens with zero attached hydrogens (tertiary/aromatic N) is 1. The molecule has 0 bridgehead atoms. The highest BCUT2D eigenvalue weighted by Crippen LogP contribution is 2.47. The molecular weight excluding hydrogens is 251 g/mol. The highest BCUT2D eigenvalue weighted by atomic mass is 19.1. The van der Waals surface area contributed by atoms with E-state index in [4.69, 9.17) is 5.73 Å². The summed E-state index contributed by atoms with van der Waals surface area (Å²) in [6.07, 6.45) is 8.08. The molecule has 1 atom stereocenters. The van der Waals surface area contributed by atoms with E-state index in [1.807, 2.05) is 13.0 Å². The molecule has 3 heteroatoms. The largest absolute Gasteiger partial charge is 0.371 e. The van der Waals surface area contributed by atoms with Gasteiger partial charge in [0.1, 0.15) is 5.82 Å². The first-order valence-corrected chi connectivity index (χ1v) is 7.90. The van der Waals surface area contributed by atoms with Crippen molar-refractivity contribution in [3.8, 4) is 0 Å². The van der Waals surface area contributed by atoms with Crippen LogP contribution in [0.4, 0.5) is 10.1 Å². The van der Waals surface area contributed by atoms with Gasteiger partial charge in [-0.05, 0) is 50.2 Å². The summed E-state index contributed by atoms with van der Waals surface area (Å²) in [6.45, 7) is 3.96. The van der Waals surface area contributed by atoms with Crippen LogP contribution in [0.2, 0.25) is 0 Å². The molecule has 1 saturated heterocycles. The number of piperidine rings is 1. The average molecular weight is 276 g/mol. The molecule has 20 heavy (non-hydrogen) atoms. The van der Waals surface area contributed by atoms with E-state index in [1.54, 1.807) is 6.07 Å². The first kappa shape index (κ1) is 13.9. The van der Waals surface area contributed by atoms with E-state index in [9.17, 15) is 4.39 Å². The van der Waals surface area contributed by atoms with Crippen molar-refractivity contribution in [3.05, 3.63) is 29.6 Å². The second-order valence-corrected chi connectivity index (χ2v) is 6.66. The minimum Gasteiger partial charge on any atom is -0.371 e. The van der Waals surface area contributed by atoms with Crippen LogP contribution in [-0.2, 0) is 0 Å². The maximum Gasteiger partial charge on any atom is 0.130 e. The fourth-order valence-corrected chi connectivity index (χ4v) is 4.10. The molecule has 2 fully saturated rings. The predicted molar refractivity (Wildman–Crippen MR) is 81.4 cm³/mol. The number of hydrogen-bond acceptors (Lipinski definition) is 2. The van der Waals surface area contributed by atoms with Gasteiger partial charge in [-0.15, -0.1) is 0 Å². The molecule has 3 rings (SSSR count). The lowest BCUT2D eigenvalue weighted by molar-refractivity contribution is 0.226. The summed E-state index contributed by atoms with van der Waals surface area (Å²) >= 11 is 0. The molecular formula is C17H25FN2. The van der Waals surface area contributed by atoms with E-state index >= 15 is 0 Å². The first-order chi connectivity index (χ1) is 9.61. The molecule has 2 N–H and O–H groups in total. The summed E-state index contributed by atoms with van der Waals surface area (Å²) in [7, 11) is 0. The lowest BCUT2D eigenvalue weighted by Gasteiger charge is -2.41. The summed E-state index contributed by atoms with van der Waals surface area (Å²) in [5, 5.41) is 0. The molecule has 1 aromatic carbocycles. The van der Waals surface area contributed by atoms with Crippen molar-refractivity contribution in [2.75, 3.05) is 18.0 Å². The Hall–Kier alpha value is -1.09. The Morgan fingerprint density at radius 1 is 1.15 bits per heavy atom. The Morgan fingerprint density at radius 2 is 1.80 bits per heavy atom. The summed E-state index contributed by atoms with van der Waals surface area (Å²) in [5.74, 6) is -0.168. The molecule has 0 amide bonds. The fourth-order valence-electron chi connectivity index (χ4n) is 4.10. The lowest BCUT2D eigenvalue weighted by atomic mass is 9.77. The summed E-state index contributed by atoms with van der Waals surface area (Å²) in [6, 6.07) is 5.09. The summed E-state index contributed by atoms with van der Waals surface area (Å²) in [4.78, 5) is 2.34. The van der Waals surface area contributed by atoms with E-state index in [2.05, 4.69) is 4.90 Å². The van der Waals surface area contributed by atoms with E-state index in [-0.39, 0.29) is 11.9 Å². The minimum absolute atomic E-state index is 0.168. The number of anilines is 1. The van der Waals surface area contributed by atoms with Crippen molar-refractivity contribution in [3.63, 3.8) is 0 Å². The summed E-state index contributed by atoms with van der Waals surface area (Å²) < 4.78 is 14.0. The molecule has 0 unspecified atom stereocenters. The predicted octanol–water partition coefficient (Wildman–Crippen LogP) is 4.01. The number of nitrogens with two attached hydrogens (primary N) is 1. The quantitative estimate of drug-likeness (QED) is 0.884. The van der Waals surface area contributed by atoms with Gasteiger partial charge in [0.15, 0.2) is 0 Å². The number of benzene rings is 1. The van der Waals surface area contributed by atoms with Gasteiger partial charge < -0.3 is 10.6 Å². The van der Waals surface area contributed by atoms with Crippen molar-refractivity contribution in [2.45, 2.75) is 51.5 Å². The lowest BCUT2D eigenvalue weighted by Crippen LogP contribution is -2.39. The van der Waals surface area contributed by atoms with Crippen LogP contribution in [0.25, 0.3) is 0 Å². The third kappa shape index (κ3) is 2.44. The molecule has 0 radical (unpaired) electrons. The molecule has 1 saturated carbocycles. The zero-order valence-corrected chi connectivity index (χ0v) is 12.4. The second kappa shape index (κ2) is 5.36. The van der Waals surface area contributed by atoms with Crippen LogP contribution < -0.4 is 10.6 Å². The van der Waals surface area contributed by atoms with Crippen molar-refractivity contribution in [2.24, 2.45) is 11.1 Å². The van der Waals surface area contributed by atoms with Gasteiger partial charge in [0, 0.05) is 30.4 Å². The molecule has 1 aromatic rings. The van der Waals surface area contributed by atoms with E-state index in [0.717, 1.165) is 18.8 Å². The highest BCUT2D eigenvalue weighted by molar-refractivity contribution is 5.55. The Kier molecular flexibility index (Phi) is 3.72. The van der Waals surface area contributed by atoms with Crippen LogP contribution >= 0.6 is 0 Å². The average Bonchev–Trinajstić information content (AvgIpc) is 2.87. The first-order valence-electron chi connectivity index (χ1n) is 7.90. The highest BCUT2D eigenvalue weighted by Gasteiger charge is 2.37. The SMILES string of the molecule is C[C@@H](N)c1c(F)cccc1N1CCC2(CCCC2)CC1.